The minimum absolute atomic E-state index is 0.0689. The molecule has 0 spiro atoms. The van der Waals surface area contributed by atoms with E-state index in [2.05, 4.69) is 11.1 Å². The summed E-state index contributed by atoms with van der Waals surface area (Å²) in [5, 5.41) is 13.7. The average Bonchev–Trinajstić information content (AvgIpc) is 3.17. The summed E-state index contributed by atoms with van der Waals surface area (Å²) in [6, 6.07) is 9.02. The van der Waals surface area contributed by atoms with E-state index in [0.29, 0.717) is 17.1 Å². The SMILES string of the molecule is COc1cc(C2CCCB(C#N)C2)nc2c(-c3cccc(C(N)=O)c3)cnn12. The third-order valence-corrected chi connectivity index (χ3v) is 5.40. The van der Waals surface area contributed by atoms with Crippen LogP contribution in [0.4, 0.5) is 0 Å². The Morgan fingerprint density at radius 2 is 2.29 bits per heavy atom. The van der Waals surface area contributed by atoms with Crippen LogP contribution in [0.15, 0.2) is 36.5 Å². The van der Waals surface area contributed by atoms with E-state index < -0.39 is 5.91 Å². The van der Waals surface area contributed by atoms with E-state index in [-0.39, 0.29) is 12.6 Å². The number of methoxy groups -OCH3 is 1. The van der Waals surface area contributed by atoms with Gasteiger partial charge in [0.25, 0.3) is 6.71 Å². The molecule has 8 heteroatoms. The Hall–Kier alpha value is -3.34. The highest BCUT2D eigenvalue weighted by atomic mass is 16.5. The van der Waals surface area contributed by atoms with E-state index in [1.807, 2.05) is 12.1 Å². The standard InChI is InChI=1S/C20H20BN5O2/c1-28-18-9-17(15-6-3-7-21(10-15)12-22)25-20-16(11-24-26(18)20)13-4-2-5-14(8-13)19(23)27/h2,4-5,8-9,11,15H,3,6-7,10H2,1H3,(H2,23,27). The monoisotopic (exact) mass is 373 g/mol. The Morgan fingerprint density at radius 3 is 3.04 bits per heavy atom. The molecule has 1 aromatic carbocycles. The van der Waals surface area contributed by atoms with Crippen molar-refractivity contribution in [3.05, 3.63) is 47.8 Å². The van der Waals surface area contributed by atoms with E-state index in [0.717, 1.165) is 42.3 Å². The molecule has 0 saturated carbocycles. The van der Waals surface area contributed by atoms with Crippen molar-refractivity contribution in [1.29, 1.82) is 5.26 Å². The Morgan fingerprint density at radius 1 is 1.43 bits per heavy atom. The van der Waals surface area contributed by atoms with Crippen molar-refractivity contribution >= 4 is 18.3 Å². The van der Waals surface area contributed by atoms with Gasteiger partial charge in [0.15, 0.2) is 5.65 Å². The molecule has 0 radical (unpaired) electrons. The Balaban J connectivity index is 1.83. The number of ether oxygens (including phenoxy) is 1. The second kappa shape index (κ2) is 7.35. The van der Waals surface area contributed by atoms with Crippen LogP contribution in [-0.2, 0) is 0 Å². The number of aromatic nitrogens is 3. The third-order valence-electron chi connectivity index (χ3n) is 5.40. The molecule has 3 aromatic rings. The number of primary amides is 1. The number of nitrogens with two attached hydrogens (primary N) is 1. The molecule has 1 aliphatic heterocycles. The summed E-state index contributed by atoms with van der Waals surface area (Å²) in [6.07, 6.45) is 5.50. The van der Waals surface area contributed by atoms with Crippen LogP contribution in [0.5, 0.6) is 5.88 Å². The minimum Gasteiger partial charge on any atom is -0.481 e. The van der Waals surface area contributed by atoms with Crippen LogP contribution in [0.25, 0.3) is 16.8 Å². The van der Waals surface area contributed by atoms with Crippen LogP contribution < -0.4 is 10.5 Å². The van der Waals surface area contributed by atoms with E-state index >= 15 is 0 Å². The van der Waals surface area contributed by atoms with Crippen LogP contribution in [0.3, 0.4) is 0 Å². The maximum atomic E-state index is 11.5. The van der Waals surface area contributed by atoms with Crippen LogP contribution in [0.2, 0.25) is 12.6 Å². The molecular formula is C20H20BN5O2. The van der Waals surface area contributed by atoms with Gasteiger partial charge in [-0.1, -0.05) is 31.2 Å². The van der Waals surface area contributed by atoms with Gasteiger partial charge in [0.05, 0.1) is 19.0 Å². The highest BCUT2D eigenvalue weighted by Gasteiger charge is 2.28. The van der Waals surface area contributed by atoms with Crippen molar-refractivity contribution in [2.24, 2.45) is 5.73 Å². The number of benzene rings is 1. The molecule has 1 saturated heterocycles. The van der Waals surface area contributed by atoms with Gasteiger partial charge in [-0.15, -0.1) is 0 Å². The van der Waals surface area contributed by atoms with E-state index in [4.69, 9.17) is 15.5 Å². The van der Waals surface area contributed by atoms with Crippen molar-refractivity contribution in [3.8, 4) is 23.0 Å². The topological polar surface area (TPSA) is 106 Å². The van der Waals surface area contributed by atoms with Gasteiger partial charge in [0, 0.05) is 23.2 Å². The molecule has 140 valence electrons. The van der Waals surface area contributed by atoms with Gasteiger partial charge >= 0.3 is 0 Å². The van der Waals surface area contributed by atoms with Gasteiger partial charge in [-0.2, -0.15) is 9.61 Å². The van der Waals surface area contributed by atoms with Crippen LogP contribution in [-0.4, -0.2) is 34.3 Å². The van der Waals surface area contributed by atoms with E-state index in [1.54, 1.807) is 36.0 Å². The zero-order valence-corrected chi connectivity index (χ0v) is 15.6. The van der Waals surface area contributed by atoms with Crippen LogP contribution >= 0.6 is 0 Å². The fraction of sp³-hybridized carbons (Fsp3) is 0.300. The number of hydrogen-bond acceptors (Lipinski definition) is 5. The first-order valence-corrected chi connectivity index (χ1v) is 9.33. The predicted molar refractivity (Wildman–Crippen MR) is 106 cm³/mol. The first-order valence-electron chi connectivity index (χ1n) is 9.33. The van der Waals surface area contributed by atoms with Crippen molar-refractivity contribution in [2.75, 3.05) is 7.11 Å². The third kappa shape index (κ3) is 3.20. The molecule has 2 aromatic heterocycles. The molecule has 4 rings (SSSR count). The lowest BCUT2D eigenvalue weighted by atomic mass is 9.41. The van der Waals surface area contributed by atoms with Crippen molar-refractivity contribution in [1.82, 2.24) is 14.6 Å². The summed E-state index contributed by atoms with van der Waals surface area (Å²) in [5.74, 6) is 2.73. The van der Waals surface area contributed by atoms with Gasteiger partial charge in [-0.3, -0.25) is 4.79 Å². The largest absolute Gasteiger partial charge is 0.481 e. The van der Waals surface area contributed by atoms with Gasteiger partial charge in [-0.25, -0.2) is 10.2 Å². The number of carbonyl (C=O) groups excluding carboxylic acids is 1. The predicted octanol–water partition coefficient (Wildman–Crippen LogP) is 2.94. The number of rotatable bonds is 4. The number of hydrogen-bond donors (Lipinski definition) is 1. The normalized spacial score (nSPS) is 16.7. The maximum Gasteiger partial charge on any atom is 0.268 e. The highest BCUT2D eigenvalue weighted by molar-refractivity contribution is 6.67. The van der Waals surface area contributed by atoms with Gasteiger partial charge in [0.2, 0.25) is 11.8 Å². The lowest BCUT2D eigenvalue weighted by Crippen LogP contribution is -2.21. The molecule has 1 unspecified atom stereocenters. The summed E-state index contributed by atoms with van der Waals surface area (Å²) >= 11 is 0. The smallest absolute Gasteiger partial charge is 0.268 e. The summed E-state index contributed by atoms with van der Waals surface area (Å²) in [6.45, 7) is 0.0689. The average molecular weight is 373 g/mol. The van der Waals surface area contributed by atoms with Crippen molar-refractivity contribution in [2.45, 2.75) is 31.4 Å². The summed E-state index contributed by atoms with van der Waals surface area (Å²) in [4.78, 5) is 16.4. The van der Waals surface area contributed by atoms with Gasteiger partial charge < -0.3 is 10.5 Å². The molecule has 1 amide bonds. The number of nitrogens with zero attached hydrogens (tertiary/aromatic N) is 4. The lowest BCUT2D eigenvalue weighted by molar-refractivity contribution is 0.100. The Bertz CT molecular complexity index is 1090. The summed E-state index contributed by atoms with van der Waals surface area (Å²) in [5.41, 5.74) is 9.05. The first kappa shape index (κ1) is 18.0. The highest BCUT2D eigenvalue weighted by Crippen LogP contribution is 2.35. The van der Waals surface area contributed by atoms with Crippen LogP contribution in [0.1, 0.15) is 34.8 Å². The zero-order valence-electron chi connectivity index (χ0n) is 15.6. The Labute approximate surface area is 163 Å². The van der Waals surface area contributed by atoms with Gasteiger partial charge in [0.1, 0.15) is 0 Å². The quantitative estimate of drug-likeness (QED) is 0.708. The van der Waals surface area contributed by atoms with Crippen LogP contribution in [0, 0.1) is 11.2 Å². The molecule has 1 aliphatic rings. The molecule has 28 heavy (non-hydrogen) atoms. The summed E-state index contributed by atoms with van der Waals surface area (Å²) < 4.78 is 7.20. The number of nitriles is 1. The summed E-state index contributed by atoms with van der Waals surface area (Å²) in [7, 11) is 1.60. The molecule has 3 heterocycles. The molecule has 1 atom stereocenters. The minimum atomic E-state index is -0.477. The number of carbonyl (C=O) groups is 1. The molecule has 0 aliphatic carbocycles. The zero-order chi connectivity index (χ0) is 19.7. The van der Waals surface area contributed by atoms with Crippen molar-refractivity contribution in [3.63, 3.8) is 0 Å². The second-order valence-corrected chi connectivity index (χ2v) is 7.15. The number of fused-ring (bicyclic) bond motifs is 1. The number of amides is 1. The molecular weight excluding hydrogens is 353 g/mol. The fourth-order valence-corrected chi connectivity index (χ4v) is 3.93. The molecule has 0 bridgehead atoms. The molecule has 7 nitrogen and oxygen atoms in total. The second-order valence-electron chi connectivity index (χ2n) is 7.15. The molecule has 2 N–H and O–H groups in total. The van der Waals surface area contributed by atoms with Gasteiger partial charge in [-0.05, 0) is 30.0 Å². The maximum absolute atomic E-state index is 11.5. The van der Waals surface area contributed by atoms with E-state index in [9.17, 15) is 10.1 Å². The van der Waals surface area contributed by atoms with E-state index in [1.165, 1.54) is 0 Å². The Kier molecular flexibility index (Phi) is 4.74. The van der Waals surface area contributed by atoms with Crippen molar-refractivity contribution < 1.29 is 9.53 Å². The molecule has 1 fully saturated rings. The lowest BCUT2D eigenvalue weighted by Gasteiger charge is -2.23. The first-order chi connectivity index (χ1) is 13.6. The fourth-order valence-electron chi connectivity index (χ4n) is 3.93.